The summed E-state index contributed by atoms with van der Waals surface area (Å²) in [5.41, 5.74) is 0.972. The van der Waals surface area contributed by atoms with Gasteiger partial charge in [-0.15, -0.1) is 0 Å². The summed E-state index contributed by atoms with van der Waals surface area (Å²) in [6, 6.07) is 0. The molecule has 0 spiro atoms. The highest BCUT2D eigenvalue weighted by atomic mass is 14.9. The van der Waals surface area contributed by atoms with Crippen LogP contribution >= 0.6 is 0 Å². The molecule has 0 aromatic carbocycles. The first-order valence-electron chi connectivity index (χ1n) is 3.83. The molecule has 62 valence electrons. The van der Waals surface area contributed by atoms with Crippen molar-refractivity contribution in [3.05, 3.63) is 24.3 Å². The van der Waals surface area contributed by atoms with Crippen LogP contribution in [-0.2, 0) is 6.54 Å². The standard InChI is InChI=1S/C6H9N3.C2H6/c1-7-4-6-5-8-2-3-9-6;1-2/h2-3,5,7H,4H2,1H3;1-2H3. The molecule has 0 aliphatic carbocycles. The third-order valence-electron chi connectivity index (χ3n) is 0.975. The van der Waals surface area contributed by atoms with Gasteiger partial charge in [0.15, 0.2) is 0 Å². The lowest BCUT2D eigenvalue weighted by molar-refractivity contribution is 0.784. The molecule has 0 saturated carbocycles. The van der Waals surface area contributed by atoms with Crippen molar-refractivity contribution in [2.45, 2.75) is 20.4 Å². The lowest BCUT2D eigenvalue weighted by Crippen LogP contribution is -2.06. The van der Waals surface area contributed by atoms with Crippen molar-refractivity contribution in [3.8, 4) is 0 Å². The molecule has 0 aliphatic heterocycles. The summed E-state index contributed by atoms with van der Waals surface area (Å²) < 4.78 is 0. The smallest absolute Gasteiger partial charge is 0.0724 e. The lowest BCUT2D eigenvalue weighted by atomic mass is 10.4. The van der Waals surface area contributed by atoms with Gasteiger partial charge in [-0.25, -0.2) is 0 Å². The Morgan fingerprint density at radius 3 is 2.55 bits per heavy atom. The van der Waals surface area contributed by atoms with Crippen molar-refractivity contribution >= 4 is 0 Å². The topological polar surface area (TPSA) is 37.8 Å². The quantitative estimate of drug-likeness (QED) is 0.694. The number of nitrogens with zero attached hydrogens (tertiary/aromatic N) is 2. The van der Waals surface area contributed by atoms with Gasteiger partial charge in [0.05, 0.1) is 5.69 Å². The van der Waals surface area contributed by atoms with Crippen molar-refractivity contribution in [2.75, 3.05) is 7.05 Å². The predicted octanol–water partition coefficient (Wildman–Crippen LogP) is 1.22. The SMILES string of the molecule is CC.CNCc1cnccn1. The van der Waals surface area contributed by atoms with Gasteiger partial charge in [0.2, 0.25) is 0 Å². The molecular formula is C8H15N3. The number of aromatic nitrogens is 2. The van der Waals surface area contributed by atoms with E-state index in [9.17, 15) is 0 Å². The molecule has 3 nitrogen and oxygen atoms in total. The molecule has 11 heavy (non-hydrogen) atoms. The first kappa shape index (κ1) is 10.0. The van der Waals surface area contributed by atoms with Gasteiger partial charge in [-0.2, -0.15) is 0 Å². The molecule has 0 fully saturated rings. The number of rotatable bonds is 2. The molecule has 0 radical (unpaired) electrons. The fourth-order valence-electron chi connectivity index (χ4n) is 0.602. The Bertz CT molecular complexity index is 162. The molecule has 3 heteroatoms. The van der Waals surface area contributed by atoms with Crippen LogP contribution in [0.4, 0.5) is 0 Å². The van der Waals surface area contributed by atoms with Gasteiger partial charge in [0.1, 0.15) is 0 Å². The normalized spacial score (nSPS) is 8.27. The molecule has 0 unspecified atom stereocenters. The maximum absolute atomic E-state index is 4.04. The summed E-state index contributed by atoms with van der Waals surface area (Å²) in [6.45, 7) is 4.79. The van der Waals surface area contributed by atoms with Gasteiger partial charge in [-0.3, -0.25) is 9.97 Å². The zero-order chi connectivity index (χ0) is 8.53. The van der Waals surface area contributed by atoms with Crippen molar-refractivity contribution in [3.63, 3.8) is 0 Å². The maximum Gasteiger partial charge on any atom is 0.0724 e. The highest BCUT2D eigenvalue weighted by Gasteiger charge is 1.86. The van der Waals surface area contributed by atoms with E-state index >= 15 is 0 Å². The van der Waals surface area contributed by atoms with Crippen molar-refractivity contribution in [1.29, 1.82) is 0 Å². The molecule has 0 atom stereocenters. The minimum Gasteiger partial charge on any atom is -0.314 e. The van der Waals surface area contributed by atoms with Crippen molar-refractivity contribution < 1.29 is 0 Å². The van der Waals surface area contributed by atoms with Crippen LogP contribution in [0.2, 0.25) is 0 Å². The summed E-state index contributed by atoms with van der Waals surface area (Å²) in [5, 5.41) is 2.98. The van der Waals surface area contributed by atoms with E-state index in [4.69, 9.17) is 0 Å². The van der Waals surface area contributed by atoms with Gasteiger partial charge in [0, 0.05) is 25.1 Å². The molecule has 1 N–H and O–H groups in total. The Kier molecular flexibility index (Phi) is 6.53. The summed E-state index contributed by atoms with van der Waals surface area (Å²) in [5.74, 6) is 0. The first-order valence-corrected chi connectivity index (χ1v) is 3.83. The van der Waals surface area contributed by atoms with Gasteiger partial charge in [-0.05, 0) is 7.05 Å². The highest BCUT2D eigenvalue weighted by Crippen LogP contribution is 1.86. The summed E-state index contributed by atoms with van der Waals surface area (Å²) in [7, 11) is 1.88. The first-order chi connectivity index (χ1) is 5.43. The molecule has 0 saturated heterocycles. The van der Waals surface area contributed by atoms with Gasteiger partial charge >= 0.3 is 0 Å². The fourth-order valence-corrected chi connectivity index (χ4v) is 0.602. The van der Waals surface area contributed by atoms with E-state index < -0.39 is 0 Å². The van der Waals surface area contributed by atoms with Crippen LogP contribution in [0.5, 0.6) is 0 Å². The maximum atomic E-state index is 4.04. The van der Waals surface area contributed by atoms with Crippen LogP contribution in [0.3, 0.4) is 0 Å². The number of hydrogen-bond donors (Lipinski definition) is 1. The average molecular weight is 153 g/mol. The second-order valence-corrected chi connectivity index (χ2v) is 1.73. The van der Waals surface area contributed by atoms with E-state index in [0.717, 1.165) is 12.2 Å². The monoisotopic (exact) mass is 153 g/mol. The van der Waals surface area contributed by atoms with Crippen LogP contribution in [0, 0.1) is 0 Å². The Hall–Kier alpha value is -0.960. The Morgan fingerprint density at radius 2 is 2.09 bits per heavy atom. The van der Waals surface area contributed by atoms with Crippen LogP contribution in [0.1, 0.15) is 19.5 Å². The largest absolute Gasteiger partial charge is 0.314 e. The minimum atomic E-state index is 0.786. The summed E-state index contributed by atoms with van der Waals surface area (Å²) >= 11 is 0. The molecule has 0 bridgehead atoms. The molecule has 0 amide bonds. The van der Waals surface area contributed by atoms with Crippen LogP contribution in [-0.4, -0.2) is 17.0 Å². The highest BCUT2D eigenvalue weighted by molar-refractivity contribution is 4.92. The Morgan fingerprint density at radius 1 is 1.36 bits per heavy atom. The second-order valence-electron chi connectivity index (χ2n) is 1.73. The zero-order valence-electron chi connectivity index (χ0n) is 7.33. The van der Waals surface area contributed by atoms with E-state index in [1.807, 2.05) is 20.9 Å². The molecular weight excluding hydrogens is 138 g/mol. The minimum absolute atomic E-state index is 0.786. The van der Waals surface area contributed by atoms with Gasteiger partial charge < -0.3 is 5.32 Å². The third-order valence-corrected chi connectivity index (χ3v) is 0.975. The van der Waals surface area contributed by atoms with Gasteiger partial charge in [-0.1, -0.05) is 13.8 Å². The van der Waals surface area contributed by atoms with Crippen LogP contribution in [0.25, 0.3) is 0 Å². The molecule has 1 heterocycles. The number of nitrogens with one attached hydrogen (secondary N) is 1. The molecule has 1 aromatic rings. The zero-order valence-corrected chi connectivity index (χ0v) is 7.33. The third kappa shape index (κ3) is 4.44. The van der Waals surface area contributed by atoms with Crippen molar-refractivity contribution in [2.24, 2.45) is 0 Å². The van der Waals surface area contributed by atoms with Gasteiger partial charge in [0.25, 0.3) is 0 Å². The fraction of sp³-hybridized carbons (Fsp3) is 0.500. The van der Waals surface area contributed by atoms with E-state index in [1.54, 1.807) is 18.6 Å². The van der Waals surface area contributed by atoms with Crippen LogP contribution in [0.15, 0.2) is 18.6 Å². The van der Waals surface area contributed by atoms with E-state index in [2.05, 4.69) is 15.3 Å². The van der Waals surface area contributed by atoms with E-state index in [0.29, 0.717) is 0 Å². The molecule has 0 aliphatic rings. The Balaban J connectivity index is 0.000000461. The Labute approximate surface area is 67.9 Å². The molecule has 1 aromatic heterocycles. The van der Waals surface area contributed by atoms with E-state index in [1.165, 1.54) is 0 Å². The lowest BCUT2D eigenvalue weighted by Gasteiger charge is -1.94. The summed E-state index contributed by atoms with van der Waals surface area (Å²) in [6.07, 6.45) is 5.10. The van der Waals surface area contributed by atoms with E-state index in [-0.39, 0.29) is 0 Å². The summed E-state index contributed by atoms with van der Waals surface area (Å²) in [4.78, 5) is 7.94. The van der Waals surface area contributed by atoms with Crippen molar-refractivity contribution in [1.82, 2.24) is 15.3 Å². The molecule has 1 rings (SSSR count). The number of hydrogen-bond acceptors (Lipinski definition) is 3. The van der Waals surface area contributed by atoms with Crippen LogP contribution < -0.4 is 5.32 Å². The second kappa shape index (κ2) is 7.15. The average Bonchev–Trinajstić information content (AvgIpc) is 2.11. The predicted molar refractivity (Wildman–Crippen MR) is 46.1 cm³/mol.